The van der Waals surface area contributed by atoms with Crippen molar-refractivity contribution >= 4 is 0 Å². The molecule has 0 unspecified atom stereocenters. The van der Waals surface area contributed by atoms with Gasteiger partial charge in [0, 0.05) is 12.1 Å². The molecule has 106 valence electrons. The van der Waals surface area contributed by atoms with Gasteiger partial charge >= 0.3 is 0 Å². The fourth-order valence-corrected chi connectivity index (χ4v) is 2.26. The lowest BCUT2D eigenvalue weighted by atomic mass is 10.1. The summed E-state index contributed by atoms with van der Waals surface area (Å²) in [4.78, 5) is 0. The van der Waals surface area contributed by atoms with Gasteiger partial charge in [0.15, 0.2) is 0 Å². The van der Waals surface area contributed by atoms with Gasteiger partial charge in [-0.1, -0.05) is 24.3 Å². The van der Waals surface area contributed by atoms with Crippen molar-refractivity contribution in [3.8, 4) is 22.7 Å². The van der Waals surface area contributed by atoms with Gasteiger partial charge in [0.1, 0.15) is 5.75 Å². The maximum atomic E-state index is 5.64. The molecule has 0 spiro atoms. The van der Waals surface area contributed by atoms with Gasteiger partial charge in [0.2, 0.25) is 0 Å². The zero-order chi connectivity index (χ0) is 14.7. The van der Waals surface area contributed by atoms with Crippen LogP contribution in [0, 0.1) is 0 Å². The molecule has 0 saturated heterocycles. The molecule has 21 heavy (non-hydrogen) atoms. The van der Waals surface area contributed by atoms with Gasteiger partial charge in [-0.25, -0.2) is 4.68 Å². The summed E-state index contributed by atoms with van der Waals surface area (Å²) in [6, 6.07) is 18.1. The Morgan fingerprint density at radius 3 is 2.33 bits per heavy atom. The number of aromatic nitrogens is 2. The van der Waals surface area contributed by atoms with Gasteiger partial charge in [0.05, 0.1) is 24.7 Å². The van der Waals surface area contributed by atoms with Crippen LogP contribution >= 0.6 is 0 Å². The molecule has 0 aliphatic carbocycles. The molecule has 2 N–H and O–H groups in total. The molecule has 3 rings (SSSR count). The van der Waals surface area contributed by atoms with Crippen molar-refractivity contribution in [2.75, 3.05) is 7.11 Å². The van der Waals surface area contributed by atoms with Gasteiger partial charge in [-0.15, -0.1) is 0 Å². The number of hydrogen-bond donors (Lipinski definition) is 1. The molecular formula is C17H17N3O. The lowest BCUT2D eigenvalue weighted by molar-refractivity contribution is 0.414. The van der Waals surface area contributed by atoms with Crippen molar-refractivity contribution in [1.29, 1.82) is 0 Å². The Kier molecular flexibility index (Phi) is 3.71. The third-order valence-corrected chi connectivity index (χ3v) is 3.45. The highest BCUT2D eigenvalue weighted by atomic mass is 16.5. The fourth-order valence-electron chi connectivity index (χ4n) is 2.26. The van der Waals surface area contributed by atoms with E-state index in [9.17, 15) is 0 Å². The van der Waals surface area contributed by atoms with E-state index in [1.54, 1.807) is 13.3 Å². The number of methoxy groups -OCH3 is 1. The minimum absolute atomic E-state index is 0.554. The smallest absolute Gasteiger partial charge is 0.119 e. The minimum Gasteiger partial charge on any atom is -0.497 e. The summed E-state index contributed by atoms with van der Waals surface area (Å²) >= 11 is 0. The van der Waals surface area contributed by atoms with Crippen LogP contribution in [0.4, 0.5) is 0 Å². The third-order valence-electron chi connectivity index (χ3n) is 3.45. The van der Waals surface area contributed by atoms with Gasteiger partial charge in [-0.2, -0.15) is 5.10 Å². The summed E-state index contributed by atoms with van der Waals surface area (Å²) in [5.74, 6) is 0.833. The molecule has 2 aromatic carbocycles. The van der Waals surface area contributed by atoms with E-state index < -0.39 is 0 Å². The van der Waals surface area contributed by atoms with Crippen molar-refractivity contribution in [2.45, 2.75) is 6.54 Å². The van der Waals surface area contributed by atoms with Gasteiger partial charge in [-0.05, 0) is 35.9 Å². The van der Waals surface area contributed by atoms with E-state index in [0.29, 0.717) is 6.54 Å². The predicted octanol–water partition coefficient (Wildman–Crippen LogP) is 3.01. The van der Waals surface area contributed by atoms with Crippen LogP contribution in [0.1, 0.15) is 5.56 Å². The maximum absolute atomic E-state index is 5.64. The van der Waals surface area contributed by atoms with Crippen molar-refractivity contribution in [3.63, 3.8) is 0 Å². The largest absolute Gasteiger partial charge is 0.497 e. The number of rotatable bonds is 4. The van der Waals surface area contributed by atoms with Crippen LogP contribution in [0.2, 0.25) is 0 Å². The Morgan fingerprint density at radius 2 is 1.71 bits per heavy atom. The van der Waals surface area contributed by atoms with Crippen molar-refractivity contribution in [3.05, 3.63) is 66.4 Å². The van der Waals surface area contributed by atoms with Crippen LogP contribution in [0.3, 0.4) is 0 Å². The van der Waals surface area contributed by atoms with E-state index >= 15 is 0 Å². The van der Waals surface area contributed by atoms with E-state index in [1.165, 1.54) is 0 Å². The first-order valence-electron chi connectivity index (χ1n) is 6.79. The molecule has 0 radical (unpaired) electrons. The number of benzene rings is 2. The van der Waals surface area contributed by atoms with Crippen LogP contribution in [0.15, 0.2) is 60.8 Å². The average molecular weight is 279 g/mol. The standard InChI is InChI=1S/C17H17N3O/c1-21-16-8-6-15(7-9-16)20-17(10-11-19-20)14-4-2-13(12-18)3-5-14/h2-11H,12,18H2,1H3. The van der Waals surface area contributed by atoms with Gasteiger partial charge < -0.3 is 10.5 Å². The molecule has 0 amide bonds. The molecule has 4 nitrogen and oxygen atoms in total. The average Bonchev–Trinajstić information content (AvgIpc) is 3.04. The maximum Gasteiger partial charge on any atom is 0.119 e. The quantitative estimate of drug-likeness (QED) is 0.798. The molecule has 1 aromatic heterocycles. The van der Waals surface area contributed by atoms with E-state index in [2.05, 4.69) is 17.2 Å². The van der Waals surface area contributed by atoms with Gasteiger partial charge in [-0.3, -0.25) is 0 Å². The molecule has 0 aliphatic rings. The van der Waals surface area contributed by atoms with Crippen LogP contribution < -0.4 is 10.5 Å². The van der Waals surface area contributed by atoms with E-state index in [-0.39, 0.29) is 0 Å². The summed E-state index contributed by atoms with van der Waals surface area (Å²) in [5.41, 5.74) is 9.91. The minimum atomic E-state index is 0.554. The van der Waals surface area contributed by atoms with Gasteiger partial charge in [0.25, 0.3) is 0 Å². The molecule has 0 bridgehead atoms. The number of ether oxygens (including phenoxy) is 1. The molecular weight excluding hydrogens is 262 g/mol. The molecule has 0 saturated carbocycles. The number of nitrogens with two attached hydrogens (primary N) is 1. The van der Waals surface area contributed by atoms with E-state index in [4.69, 9.17) is 10.5 Å². The second-order valence-corrected chi connectivity index (χ2v) is 4.73. The summed E-state index contributed by atoms with van der Waals surface area (Å²) in [6.07, 6.45) is 1.80. The third kappa shape index (κ3) is 2.66. The van der Waals surface area contributed by atoms with Crippen molar-refractivity contribution < 1.29 is 4.74 Å². The predicted molar refractivity (Wildman–Crippen MR) is 83.4 cm³/mol. The first kappa shape index (κ1) is 13.4. The zero-order valence-electron chi connectivity index (χ0n) is 11.9. The topological polar surface area (TPSA) is 53.1 Å². The highest BCUT2D eigenvalue weighted by Crippen LogP contribution is 2.23. The SMILES string of the molecule is COc1ccc(-n2nccc2-c2ccc(CN)cc2)cc1. The van der Waals surface area contributed by atoms with E-state index in [1.807, 2.05) is 47.1 Å². The van der Waals surface area contributed by atoms with Crippen LogP contribution in [-0.2, 0) is 6.54 Å². The molecule has 0 aliphatic heterocycles. The lowest BCUT2D eigenvalue weighted by Crippen LogP contribution is -1.99. The Bertz CT molecular complexity index is 653. The van der Waals surface area contributed by atoms with Crippen LogP contribution in [0.25, 0.3) is 16.9 Å². The first-order valence-corrected chi connectivity index (χ1v) is 6.79. The summed E-state index contributed by atoms with van der Waals surface area (Å²) < 4.78 is 7.10. The Morgan fingerprint density at radius 1 is 1.00 bits per heavy atom. The van der Waals surface area contributed by atoms with Crippen molar-refractivity contribution in [1.82, 2.24) is 9.78 Å². The first-order chi connectivity index (χ1) is 10.3. The Hall–Kier alpha value is -2.59. The Balaban J connectivity index is 1.99. The molecule has 3 aromatic rings. The van der Waals surface area contributed by atoms with Crippen LogP contribution in [-0.4, -0.2) is 16.9 Å². The molecule has 0 fully saturated rings. The highest BCUT2D eigenvalue weighted by molar-refractivity contribution is 5.62. The molecule has 1 heterocycles. The zero-order valence-corrected chi connectivity index (χ0v) is 11.9. The number of hydrogen-bond acceptors (Lipinski definition) is 3. The van der Waals surface area contributed by atoms with E-state index in [0.717, 1.165) is 28.3 Å². The van der Waals surface area contributed by atoms with Crippen molar-refractivity contribution in [2.24, 2.45) is 5.73 Å². The highest BCUT2D eigenvalue weighted by Gasteiger charge is 2.07. The van der Waals surface area contributed by atoms with Crippen LogP contribution in [0.5, 0.6) is 5.75 Å². The summed E-state index contributed by atoms with van der Waals surface area (Å²) in [6.45, 7) is 0.554. The molecule has 0 atom stereocenters. The fraction of sp³-hybridized carbons (Fsp3) is 0.118. The molecule has 4 heteroatoms. The second-order valence-electron chi connectivity index (χ2n) is 4.73. The second kappa shape index (κ2) is 5.81. The monoisotopic (exact) mass is 279 g/mol. The number of nitrogens with zero attached hydrogens (tertiary/aromatic N) is 2. The summed E-state index contributed by atoms with van der Waals surface area (Å²) in [5, 5.41) is 4.41. The summed E-state index contributed by atoms with van der Waals surface area (Å²) in [7, 11) is 1.66. The Labute approximate surface area is 123 Å². The lowest BCUT2D eigenvalue weighted by Gasteiger charge is -2.09. The normalized spacial score (nSPS) is 10.6.